The van der Waals surface area contributed by atoms with Crippen LogP contribution in [0.1, 0.15) is 40.0 Å². The van der Waals surface area contributed by atoms with Gasteiger partial charge >= 0.3 is 6.09 Å². The first kappa shape index (κ1) is 19.2. The van der Waals surface area contributed by atoms with E-state index in [2.05, 4.69) is 0 Å². The number of carbonyl (C=O) groups is 1. The molecular formula is C18H25Cl2NO3. The third-order valence-electron chi connectivity index (χ3n) is 3.95. The molecule has 0 unspecified atom stereocenters. The summed E-state index contributed by atoms with van der Waals surface area (Å²) < 4.78 is 11.1. The van der Waals surface area contributed by atoms with E-state index in [0.29, 0.717) is 22.6 Å². The molecule has 0 bridgehead atoms. The maximum Gasteiger partial charge on any atom is 0.410 e. The van der Waals surface area contributed by atoms with Crippen LogP contribution in [-0.4, -0.2) is 36.3 Å². The van der Waals surface area contributed by atoms with Crippen LogP contribution >= 0.6 is 23.2 Å². The van der Waals surface area contributed by atoms with E-state index < -0.39 is 5.60 Å². The van der Waals surface area contributed by atoms with E-state index >= 15 is 0 Å². The van der Waals surface area contributed by atoms with Crippen LogP contribution in [-0.2, 0) is 4.74 Å². The van der Waals surface area contributed by atoms with Crippen LogP contribution in [0.2, 0.25) is 10.0 Å². The molecule has 0 radical (unpaired) electrons. The second kappa shape index (κ2) is 8.30. The van der Waals surface area contributed by atoms with E-state index in [9.17, 15) is 4.79 Å². The van der Waals surface area contributed by atoms with Gasteiger partial charge in [0, 0.05) is 19.2 Å². The van der Waals surface area contributed by atoms with Crippen LogP contribution in [0.4, 0.5) is 4.79 Å². The Hall–Kier alpha value is -1.13. The van der Waals surface area contributed by atoms with Gasteiger partial charge in [-0.05, 0) is 58.1 Å². The Balaban J connectivity index is 1.69. The monoisotopic (exact) mass is 373 g/mol. The number of piperidine rings is 1. The third kappa shape index (κ3) is 6.06. The zero-order valence-corrected chi connectivity index (χ0v) is 16.0. The largest absolute Gasteiger partial charge is 0.494 e. The normalized spacial score (nSPS) is 16.1. The summed E-state index contributed by atoms with van der Waals surface area (Å²) in [5, 5.41) is 1.03. The van der Waals surface area contributed by atoms with Crippen LogP contribution in [0.5, 0.6) is 5.75 Å². The minimum atomic E-state index is -0.443. The van der Waals surface area contributed by atoms with E-state index in [0.717, 1.165) is 38.1 Å². The maximum atomic E-state index is 12.0. The highest BCUT2D eigenvalue weighted by Crippen LogP contribution is 2.27. The molecule has 0 aliphatic carbocycles. The van der Waals surface area contributed by atoms with Crippen molar-refractivity contribution >= 4 is 29.3 Å². The molecule has 24 heavy (non-hydrogen) atoms. The highest BCUT2D eigenvalue weighted by atomic mass is 35.5. The summed E-state index contributed by atoms with van der Waals surface area (Å²) in [6.45, 7) is 7.78. The molecule has 0 N–H and O–H groups in total. The Bertz CT molecular complexity index is 564. The lowest BCUT2D eigenvalue weighted by Gasteiger charge is -2.33. The van der Waals surface area contributed by atoms with Gasteiger partial charge in [-0.1, -0.05) is 23.2 Å². The summed E-state index contributed by atoms with van der Waals surface area (Å²) >= 11 is 11.9. The summed E-state index contributed by atoms with van der Waals surface area (Å²) in [5.41, 5.74) is -0.443. The average Bonchev–Trinajstić information content (AvgIpc) is 2.50. The van der Waals surface area contributed by atoms with Gasteiger partial charge in [0.2, 0.25) is 0 Å². The number of carbonyl (C=O) groups excluding carboxylic acids is 1. The minimum Gasteiger partial charge on any atom is -0.494 e. The molecule has 1 heterocycles. The van der Waals surface area contributed by atoms with Crippen molar-refractivity contribution in [1.29, 1.82) is 0 Å². The number of amides is 1. The van der Waals surface area contributed by atoms with E-state index in [-0.39, 0.29) is 6.09 Å². The molecule has 4 nitrogen and oxygen atoms in total. The number of hydrogen-bond acceptors (Lipinski definition) is 3. The average molecular weight is 374 g/mol. The number of rotatable bonds is 4. The van der Waals surface area contributed by atoms with E-state index in [1.807, 2.05) is 26.8 Å². The van der Waals surface area contributed by atoms with E-state index in [1.165, 1.54) is 0 Å². The topological polar surface area (TPSA) is 38.8 Å². The lowest BCUT2D eigenvalue weighted by Crippen LogP contribution is -2.41. The van der Waals surface area contributed by atoms with Crippen molar-refractivity contribution < 1.29 is 14.3 Å². The van der Waals surface area contributed by atoms with Crippen molar-refractivity contribution in [2.75, 3.05) is 19.7 Å². The molecule has 0 atom stereocenters. The molecule has 0 aromatic heterocycles. The molecule has 2 rings (SSSR count). The standard InChI is InChI=1S/C18H25Cl2NO3/c1-18(2,3)24-17(22)21-9-6-13(7-10-21)8-11-23-14-4-5-15(19)16(20)12-14/h4-5,12-13H,6-11H2,1-3H3. The van der Waals surface area contributed by atoms with Gasteiger partial charge in [0.1, 0.15) is 11.4 Å². The number of benzene rings is 1. The Morgan fingerprint density at radius 2 is 1.88 bits per heavy atom. The first-order valence-corrected chi connectivity index (χ1v) is 9.06. The molecule has 1 aromatic carbocycles. The molecule has 1 saturated heterocycles. The molecular weight excluding hydrogens is 349 g/mol. The molecule has 6 heteroatoms. The number of ether oxygens (including phenoxy) is 2. The van der Waals surface area contributed by atoms with Gasteiger partial charge in [-0.2, -0.15) is 0 Å². The van der Waals surface area contributed by atoms with Crippen molar-refractivity contribution in [1.82, 2.24) is 4.90 Å². The van der Waals surface area contributed by atoms with Crippen molar-refractivity contribution in [2.24, 2.45) is 5.92 Å². The predicted molar refractivity (Wildman–Crippen MR) is 97.1 cm³/mol. The van der Waals surface area contributed by atoms with Crippen LogP contribution in [0.3, 0.4) is 0 Å². The van der Waals surface area contributed by atoms with Gasteiger partial charge in [0.25, 0.3) is 0 Å². The second-order valence-electron chi connectivity index (χ2n) is 7.12. The fourth-order valence-corrected chi connectivity index (χ4v) is 2.93. The van der Waals surface area contributed by atoms with E-state index in [4.69, 9.17) is 32.7 Å². The number of hydrogen-bond donors (Lipinski definition) is 0. The molecule has 1 aromatic rings. The summed E-state index contributed by atoms with van der Waals surface area (Å²) in [6.07, 6.45) is 2.70. The second-order valence-corrected chi connectivity index (χ2v) is 7.94. The van der Waals surface area contributed by atoms with Gasteiger partial charge in [0.15, 0.2) is 0 Å². The summed E-state index contributed by atoms with van der Waals surface area (Å²) in [7, 11) is 0. The summed E-state index contributed by atoms with van der Waals surface area (Å²) in [4.78, 5) is 13.8. The zero-order chi connectivity index (χ0) is 17.7. The first-order valence-electron chi connectivity index (χ1n) is 8.30. The summed E-state index contributed by atoms with van der Waals surface area (Å²) in [5.74, 6) is 1.29. The van der Waals surface area contributed by atoms with Crippen molar-refractivity contribution in [2.45, 2.75) is 45.6 Å². The number of likely N-dealkylation sites (tertiary alicyclic amines) is 1. The fraction of sp³-hybridized carbons (Fsp3) is 0.611. The smallest absolute Gasteiger partial charge is 0.410 e. The molecule has 134 valence electrons. The molecule has 0 saturated carbocycles. The van der Waals surface area contributed by atoms with Gasteiger partial charge in [-0.3, -0.25) is 0 Å². The van der Waals surface area contributed by atoms with Gasteiger partial charge < -0.3 is 14.4 Å². The Morgan fingerprint density at radius 3 is 2.46 bits per heavy atom. The third-order valence-corrected chi connectivity index (χ3v) is 4.69. The van der Waals surface area contributed by atoms with E-state index in [1.54, 1.807) is 17.0 Å². The Kier molecular flexibility index (Phi) is 6.64. The number of nitrogens with zero attached hydrogens (tertiary/aromatic N) is 1. The molecule has 0 spiro atoms. The Morgan fingerprint density at radius 1 is 1.21 bits per heavy atom. The summed E-state index contributed by atoms with van der Waals surface area (Å²) in [6, 6.07) is 5.28. The van der Waals surface area contributed by atoms with Crippen LogP contribution < -0.4 is 4.74 Å². The molecule has 1 amide bonds. The fourth-order valence-electron chi connectivity index (χ4n) is 2.64. The maximum absolute atomic E-state index is 12.0. The van der Waals surface area contributed by atoms with Gasteiger partial charge in [0.05, 0.1) is 16.7 Å². The lowest BCUT2D eigenvalue weighted by atomic mass is 9.94. The van der Waals surface area contributed by atoms with Gasteiger partial charge in [-0.25, -0.2) is 4.79 Å². The SMILES string of the molecule is CC(C)(C)OC(=O)N1CCC(CCOc2ccc(Cl)c(Cl)c2)CC1. The molecule has 1 aliphatic rings. The van der Waals surface area contributed by atoms with Crippen LogP contribution in [0.25, 0.3) is 0 Å². The van der Waals surface area contributed by atoms with Crippen LogP contribution in [0, 0.1) is 5.92 Å². The van der Waals surface area contributed by atoms with Gasteiger partial charge in [-0.15, -0.1) is 0 Å². The van der Waals surface area contributed by atoms with Crippen molar-refractivity contribution in [3.05, 3.63) is 28.2 Å². The zero-order valence-electron chi connectivity index (χ0n) is 14.5. The van der Waals surface area contributed by atoms with Crippen molar-refractivity contribution in [3.8, 4) is 5.75 Å². The first-order chi connectivity index (χ1) is 11.2. The van der Waals surface area contributed by atoms with Crippen molar-refractivity contribution in [3.63, 3.8) is 0 Å². The highest BCUT2D eigenvalue weighted by Gasteiger charge is 2.26. The van der Waals surface area contributed by atoms with Crippen LogP contribution in [0.15, 0.2) is 18.2 Å². The number of halogens is 2. The molecule has 1 aliphatic heterocycles. The predicted octanol–water partition coefficient (Wildman–Crippen LogP) is 5.41. The highest BCUT2D eigenvalue weighted by molar-refractivity contribution is 6.42. The Labute approximate surface area is 154 Å². The minimum absolute atomic E-state index is 0.215. The lowest BCUT2D eigenvalue weighted by molar-refractivity contribution is 0.0177. The molecule has 1 fully saturated rings. The quantitative estimate of drug-likeness (QED) is 0.707.